The van der Waals surface area contributed by atoms with E-state index in [4.69, 9.17) is 4.74 Å². The van der Waals surface area contributed by atoms with Crippen LogP contribution in [0.25, 0.3) is 0 Å². The molecule has 136 valence electrons. The van der Waals surface area contributed by atoms with E-state index >= 15 is 0 Å². The van der Waals surface area contributed by atoms with Crippen LogP contribution in [-0.4, -0.2) is 17.5 Å². The van der Waals surface area contributed by atoms with Crippen molar-refractivity contribution in [1.29, 1.82) is 0 Å². The molecule has 0 atom stereocenters. The smallest absolute Gasteiger partial charge is 0.412 e. The minimum Gasteiger partial charge on any atom is -0.444 e. The van der Waals surface area contributed by atoms with Crippen molar-refractivity contribution in [3.63, 3.8) is 0 Å². The van der Waals surface area contributed by atoms with E-state index in [0.29, 0.717) is 12.3 Å². The fourth-order valence-corrected chi connectivity index (χ4v) is 3.15. The van der Waals surface area contributed by atoms with Crippen LogP contribution in [0.3, 0.4) is 0 Å². The maximum absolute atomic E-state index is 12.6. The normalized spacial score (nSPS) is 18.6. The van der Waals surface area contributed by atoms with Gasteiger partial charge < -0.3 is 4.74 Å². The maximum Gasteiger partial charge on any atom is 0.412 e. The molecule has 0 unspecified atom stereocenters. The zero-order chi connectivity index (χ0) is 18.4. The van der Waals surface area contributed by atoms with Gasteiger partial charge in [0.1, 0.15) is 11.4 Å². The Labute approximate surface area is 150 Å². The number of rotatable bonds is 5. The number of amides is 1. The molecule has 1 aromatic rings. The van der Waals surface area contributed by atoms with Crippen LogP contribution in [0, 0.1) is 12.3 Å². The first-order chi connectivity index (χ1) is 11.6. The van der Waals surface area contributed by atoms with Crippen LogP contribution in [0.5, 0.6) is 0 Å². The first-order valence-electron chi connectivity index (χ1n) is 9.24. The lowest BCUT2D eigenvalue weighted by atomic mass is 9.92. The van der Waals surface area contributed by atoms with E-state index in [-0.39, 0.29) is 11.2 Å². The van der Waals surface area contributed by atoms with Gasteiger partial charge in [-0.05, 0) is 82.1 Å². The van der Waals surface area contributed by atoms with E-state index in [9.17, 15) is 9.59 Å². The Morgan fingerprint density at radius 1 is 1.24 bits per heavy atom. The highest BCUT2D eigenvalue weighted by atomic mass is 16.6. The number of anilines is 1. The van der Waals surface area contributed by atoms with Gasteiger partial charge in [-0.15, -0.1) is 0 Å². The minimum absolute atomic E-state index is 0.160. The fourth-order valence-electron chi connectivity index (χ4n) is 3.15. The van der Waals surface area contributed by atoms with Crippen molar-refractivity contribution in [1.82, 2.24) is 0 Å². The van der Waals surface area contributed by atoms with E-state index in [1.165, 1.54) is 24.0 Å². The third kappa shape index (κ3) is 4.42. The number of nitrogens with one attached hydrogen (secondary N) is 1. The van der Waals surface area contributed by atoms with Crippen LogP contribution in [-0.2, 0) is 16.0 Å². The second kappa shape index (κ2) is 6.15. The molecule has 25 heavy (non-hydrogen) atoms. The summed E-state index contributed by atoms with van der Waals surface area (Å²) in [6, 6.07) is 4.12. The molecule has 0 aliphatic heterocycles. The second-order valence-electron chi connectivity index (χ2n) is 8.93. The van der Waals surface area contributed by atoms with E-state index in [0.717, 1.165) is 24.1 Å². The zero-order valence-electron chi connectivity index (χ0n) is 16.0. The Morgan fingerprint density at radius 3 is 2.40 bits per heavy atom. The molecule has 2 saturated carbocycles. The summed E-state index contributed by atoms with van der Waals surface area (Å²) >= 11 is 0. The predicted octanol–water partition coefficient (Wildman–Crippen LogP) is 5.13. The summed E-state index contributed by atoms with van der Waals surface area (Å²) in [5.74, 6) is 0.850. The Kier molecular flexibility index (Phi) is 4.42. The molecule has 3 rings (SSSR count). The van der Waals surface area contributed by atoms with Gasteiger partial charge in [0.05, 0.1) is 0 Å². The highest BCUT2D eigenvalue weighted by Crippen LogP contribution is 2.47. The Morgan fingerprint density at radius 2 is 1.88 bits per heavy atom. The summed E-state index contributed by atoms with van der Waals surface area (Å²) < 4.78 is 5.39. The molecule has 0 spiro atoms. The molecule has 2 aliphatic rings. The molecule has 1 N–H and O–H groups in total. The monoisotopic (exact) mass is 343 g/mol. The van der Waals surface area contributed by atoms with Crippen LogP contribution in [0.1, 0.15) is 76.0 Å². The maximum atomic E-state index is 12.6. The number of aryl methyl sites for hydroxylation is 1. The number of hydrogen-bond acceptors (Lipinski definition) is 3. The van der Waals surface area contributed by atoms with Gasteiger partial charge in [-0.3, -0.25) is 10.1 Å². The zero-order valence-corrected chi connectivity index (χ0v) is 16.0. The summed E-state index contributed by atoms with van der Waals surface area (Å²) in [4.78, 5) is 24.8. The number of hydrogen-bond donors (Lipinski definition) is 1. The van der Waals surface area contributed by atoms with Gasteiger partial charge >= 0.3 is 6.09 Å². The highest BCUT2D eigenvalue weighted by molar-refractivity contribution is 5.92. The van der Waals surface area contributed by atoms with Crippen LogP contribution in [0.4, 0.5) is 10.5 Å². The van der Waals surface area contributed by atoms with Crippen molar-refractivity contribution >= 4 is 17.6 Å². The van der Waals surface area contributed by atoms with Crippen LogP contribution in [0.15, 0.2) is 12.1 Å². The second-order valence-corrected chi connectivity index (χ2v) is 8.93. The fraction of sp³-hybridized carbons (Fsp3) is 0.619. The summed E-state index contributed by atoms with van der Waals surface area (Å²) in [7, 11) is 0. The summed E-state index contributed by atoms with van der Waals surface area (Å²) in [6.07, 6.45) is 4.24. The molecule has 0 heterocycles. The van der Waals surface area contributed by atoms with Gasteiger partial charge in [0.15, 0.2) is 0 Å². The molecule has 1 aromatic carbocycles. The Hall–Kier alpha value is -1.84. The number of ketones is 1. The highest BCUT2D eigenvalue weighted by Gasteiger charge is 2.44. The van der Waals surface area contributed by atoms with Crippen LogP contribution < -0.4 is 5.32 Å². The molecule has 0 saturated heterocycles. The van der Waals surface area contributed by atoms with Crippen molar-refractivity contribution < 1.29 is 14.3 Å². The summed E-state index contributed by atoms with van der Waals surface area (Å²) in [6.45, 7) is 9.65. The molecule has 0 aromatic heterocycles. The molecular weight excluding hydrogens is 314 g/mol. The Balaban J connectivity index is 1.85. The number of carbonyl (C=O) groups is 2. The van der Waals surface area contributed by atoms with E-state index < -0.39 is 11.7 Å². The third-order valence-electron chi connectivity index (χ3n) is 5.17. The number of Topliss-reactive ketones (excluding diaryl/α,β-unsaturated/α-hetero) is 1. The largest absolute Gasteiger partial charge is 0.444 e. The summed E-state index contributed by atoms with van der Waals surface area (Å²) in [5.41, 5.74) is 3.39. The first-order valence-corrected chi connectivity index (χ1v) is 9.24. The molecule has 4 heteroatoms. The van der Waals surface area contributed by atoms with Crippen molar-refractivity contribution in [2.45, 2.75) is 78.2 Å². The molecule has 2 aliphatic carbocycles. The van der Waals surface area contributed by atoms with Gasteiger partial charge in [-0.1, -0.05) is 13.0 Å². The number of ether oxygens (including phenoxy) is 1. The standard InChI is InChI=1S/C21H29NO3/c1-13-10-15(11-18(23)21(5)8-9-21)17(12-16(13)14-6-7-14)22-19(24)25-20(2,3)4/h10,12,14H,6-9,11H2,1-5H3,(H,22,24). The SMILES string of the molecule is Cc1cc(CC(=O)C2(C)CC2)c(NC(=O)OC(C)(C)C)cc1C1CC1. The van der Waals surface area contributed by atoms with Crippen molar-refractivity contribution in [2.75, 3.05) is 5.32 Å². The molecule has 2 fully saturated rings. The Bertz CT molecular complexity index is 707. The predicted molar refractivity (Wildman–Crippen MR) is 99.1 cm³/mol. The van der Waals surface area contributed by atoms with E-state index in [1.807, 2.05) is 27.7 Å². The van der Waals surface area contributed by atoms with Gasteiger partial charge in [0.2, 0.25) is 0 Å². The minimum atomic E-state index is -0.550. The third-order valence-corrected chi connectivity index (χ3v) is 5.17. The number of carbonyl (C=O) groups excluding carboxylic acids is 2. The average Bonchev–Trinajstić information content (AvgIpc) is 3.35. The van der Waals surface area contributed by atoms with E-state index in [1.54, 1.807) is 0 Å². The molecule has 0 bridgehead atoms. The quantitative estimate of drug-likeness (QED) is 0.806. The van der Waals surface area contributed by atoms with Gasteiger partial charge in [-0.25, -0.2) is 4.79 Å². The molecule has 4 nitrogen and oxygen atoms in total. The molecular formula is C21H29NO3. The first kappa shape index (κ1) is 18.0. The molecule has 1 amide bonds. The van der Waals surface area contributed by atoms with Gasteiger partial charge in [0, 0.05) is 17.5 Å². The average molecular weight is 343 g/mol. The molecule has 0 radical (unpaired) electrons. The van der Waals surface area contributed by atoms with E-state index in [2.05, 4.69) is 24.4 Å². The van der Waals surface area contributed by atoms with Gasteiger partial charge in [0.25, 0.3) is 0 Å². The lowest BCUT2D eigenvalue weighted by molar-refractivity contribution is -0.122. The van der Waals surface area contributed by atoms with Crippen molar-refractivity contribution in [3.8, 4) is 0 Å². The van der Waals surface area contributed by atoms with Crippen molar-refractivity contribution in [3.05, 3.63) is 28.8 Å². The summed E-state index contributed by atoms with van der Waals surface area (Å²) in [5, 5.41) is 2.88. The van der Waals surface area contributed by atoms with Crippen LogP contribution >= 0.6 is 0 Å². The number of benzene rings is 1. The van der Waals surface area contributed by atoms with Crippen LogP contribution in [0.2, 0.25) is 0 Å². The lowest BCUT2D eigenvalue weighted by Gasteiger charge is -2.21. The van der Waals surface area contributed by atoms with Gasteiger partial charge in [-0.2, -0.15) is 0 Å². The topological polar surface area (TPSA) is 55.4 Å². The lowest BCUT2D eigenvalue weighted by Crippen LogP contribution is -2.28. The van der Waals surface area contributed by atoms with Crippen molar-refractivity contribution in [2.24, 2.45) is 5.41 Å².